The smallest absolute Gasteiger partial charge is 0.306 e. The van der Waals surface area contributed by atoms with Gasteiger partial charge in [0.25, 0.3) is 0 Å². The predicted molar refractivity (Wildman–Crippen MR) is 60.7 cm³/mol. The summed E-state index contributed by atoms with van der Waals surface area (Å²) in [5.74, 6) is -0.754. The second-order valence-corrected chi connectivity index (χ2v) is 3.83. The van der Waals surface area contributed by atoms with Crippen molar-refractivity contribution in [2.24, 2.45) is 5.73 Å². The highest BCUT2D eigenvalue weighted by atomic mass is 19.1. The Morgan fingerprint density at radius 2 is 2.17 bits per heavy atom. The van der Waals surface area contributed by atoms with Crippen molar-refractivity contribution in [1.29, 1.82) is 0 Å². The molecule has 2 N–H and O–H groups in total. The fraction of sp³-hybridized carbons (Fsp3) is 0.0833. The molecule has 0 spiro atoms. The number of halogens is 2. The molecule has 0 aliphatic heterocycles. The fourth-order valence-electron chi connectivity index (χ4n) is 1.80. The van der Waals surface area contributed by atoms with Crippen LogP contribution in [0.3, 0.4) is 0 Å². The molecule has 2 heterocycles. The summed E-state index contributed by atoms with van der Waals surface area (Å²) in [7, 11) is 0. The number of imidazole rings is 1. The lowest BCUT2D eigenvalue weighted by molar-refractivity contribution is 0.592. The number of nitrogens with zero attached hydrogens (tertiary/aromatic N) is 2. The maximum absolute atomic E-state index is 13.6. The van der Waals surface area contributed by atoms with E-state index in [1.165, 1.54) is 6.26 Å². The zero-order chi connectivity index (χ0) is 12.7. The lowest BCUT2D eigenvalue weighted by Gasteiger charge is -1.98. The Morgan fingerprint density at radius 3 is 2.94 bits per heavy atom. The van der Waals surface area contributed by atoms with E-state index in [9.17, 15) is 8.78 Å². The SMILES string of the molecule is NCc1coc2nc(-c3cc(F)ccc3F)cn12. The zero-order valence-electron chi connectivity index (χ0n) is 9.23. The lowest BCUT2D eigenvalue weighted by atomic mass is 10.1. The van der Waals surface area contributed by atoms with E-state index in [0.717, 1.165) is 18.2 Å². The molecule has 0 amide bonds. The Labute approximate surface area is 101 Å². The van der Waals surface area contributed by atoms with Gasteiger partial charge in [0, 0.05) is 18.3 Å². The van der Waals surface area contributed by atoms with Crippen molar-refractivity contribution in [3.63, 3.8) is 0 Å². The molecule has 92 valence electrons. The first-order valence-electron chi connectivity index (χ1n) is 5.30. The first-order valence-corrected chi connectivity index (χ1v) is 5.30. The van der Waals surface area contributed by atoms with Crippen LogP contribution >= 0.6 is 0 Å². The largest absolute Gasteiger partial charge is 0.431 e. The second-order valence-electron chi connectivity index (χ2n) is 3.83. The molecule has 4 nitrogen and oxygen atoms in total. The molecule has 0 aliphatic rings. The van der Waals surface area contributed by atoms with Crippen LogP contribution in [-0.2, 0) is 6.54 Å². The fourth-order valence-corrected chi connectivity index (χ4v) is 1.80. The third-order valence-corrected chi connectivity index (χ3v) is 2.70. The summed E-state index contributed by atoms with van der Waals surface area (Å²) in [5.41, 5.74) is 6.63. The number of fused-ring (bicyclic) bond motifs is 1. The number of nitrogens with two attached hydrogens (primary N) is 1. The number of benzene rings is 1. The summed E-state index contributed by atoms with van der Waals surface area (Å²) in [6.45, 7) is 0.272. The molecule has 0 atom stereocenters. The molecule has 3 aromatic rings. The molecule has 3 rings (SSSR count). The first kappa shape index (κ1) is 10.9. The standard InChI is InChI=1S/C12H9F2N3O/c13-7-1-2-10(14)9(3-7)11-5-17-8(4-15)6-18-12(17)16-11/h1-3,5-6H,4,15H2. The van der Waals surface area contributed by atoms with Gasteiger partial charge in [-0.3, -0.25) is 4.40 Å². The normalized spacial score (nSPS) is 11.3. The van der Waals surface area contributed by atoms with Gasteiger partial charge in [-0.1, -0.05) is 0 Å². The Kier molecular flexibility index (Phi) is 2.38. The van der Waals surface area contributed by atoms with Crippen molar-refractivity contribution in [2.45, 2.75) is 6.54 Å². The van der Waals surface area contributed by atoms with Gasteiger partial charge in [0.15, 0.2) is 0 Å². The molecular formula is C12H9F2N3O. The Morgan fingerprint density at radius 1 is 1.33 bits per heavy atom. The van der Waals surface area contributed by atoms with Gasteiger partial charge < -0.3 is 10.2 Å². The van der Waals surface area contributed by atoms with E-state index in [0.29, 0.717) is 17.2 Å². The van der Waals surface area contributed by atoms with E-state index in [1.807, 2.05) is 0 Å². The monoisotopic (exact) mass is 249 g/mol. The average Bonchev–Trinajstić information content (AvgIpc) is 2.91. The van der Waals surface area contributed by atoms with Crippen LogP contribution in [0.1, 0.15) is 5.69 Å². The van der Waals surface area contributed by atoms with Gasteiger partial charge in [0.05, 0.1) is 11.4 Å². The Balaban J connectivity index is 2.19. The highest BCUT2D eigenvalue weighted by Gasteiger charge is 2.13. The van der Waals surface area contributed by atoms with E-state index in [2.05, 4.69) is 4.98 Å². The van der Waals surface area contributed by atoms with Crippen molar-refractivity contribution >= 4 is 5.84 Å². The van der Waals surface area contributed by atoms with Gasteiger partial charge in [0.1, 0.15) is 17.9 Å². The summed E-state index contributed by atoms with van der Waals surface area (Å²) in [4.78, 5) is 4.09. The Hall–Kier alpha value is -2.21. The molecule has 2 aromatic heterocycles. The second kappa shape index (κ2) is 3.92. The average molecular weight is 249 g/mol. The molecule has 0 radical (unpaired) electrons. The van der Waals surface area contributed by atoms with Crippen molar-refractivity contribution in [2.75, 3.05) is 0 Å². The van der Waals surface area contributed by atoms with Crippen LogP contribution in [0.25, 0.3) is 17.1 Å². The maximum Gasteiger partial charge on any atom is 0.306 e. The number of aromatic nitrogens is 2. The van der Waals surface area contributed by atoms with Gasteiger partial charge in [-0.15, -0.1) is 0 Å². The predicted octanol–water partition coefficient (Wildman–Crippen LogP) is 2.33. The van der Waals surface area contributed by atoms with E-state index in [-0.39, 0.29) is 12.1 Å². The molecule has 6 heteroatoms. The number of hydrogen-bond donors (Lipinski definition) is 1. The molecule has 0 saturated carbocycles. The zero-order valence-corrected chi connectivity index (χ0v) is 9.23. The number of hydrogen-bond acceptors (Lipinski definition) is 3. The van der Waals surface area contributed by atoms with E-state index in [4.69, 9.17) is 10.2 Å². The molecule has 1 aromatic carbocycles. The molecule has 0 unspecified atom stereocenters. The number of oxazole rings is 1. The van der Waals surface area contributed by atoms with Crippen molar-refractivity contribution in [3.8, 4) is 11.3 Å². The van der Waals surface area contributed by atoms with Gasteiger partial charge in [-0.2, -0.15) is 4.98 Å². The van der Waals surface area contributed by atoms with E-state index >= 15 is 0 Å². The van der Waals surface area contributed by atoms with E-state index in [1.54, 1.807) is 10.6 Å². The maximum atomic E-state index is 13.6. The highest BCUT2D eigenvalue weighted by Crippen LogP contribution is 2.24. The highest BCUT2D eigenvalue weighted by molar-refractivity contribution is 5.62. The van der Waals surface area contributed by atoms with Crippen LogP contribution in [0.15, 0.2) is 35.1 Å². The lowest BCUT2D eigenvalue weighted by Crippen LogP contribution is -1.98. The summed E-state index contributed by atoms with van der Waals surface area (Å²) in [6, 6.07) is 3.22. The minimum absolute atomic E-state index is 0.0943. The van der Waals surface area contributed by atoms with Gasteiger partial charge >= 0.3 is 5.84 Å². The van der Waals surface area contributed by atoms with Crippen LogP contribution in [0.2, 0.25) is 0 Å². The van der Waals surface area contributed by atoms with Crippen molar-refractivity contribution in [1.82, 2.24) is 9.38 Å². The summed E-state index contributed by atoms with van der Waals surface area (Å²) < 4.78 is 33.5. The third-order valence-electron chi connectivity index (χ3n) is 2.70. The van der Waals surface area contributed by atoms with Crippen molar-refractivity contribution in [3.05, 3.63) is 48.0 Å². The van der Waals surface area contributed by atoms with Crippen LogP contribution < -0.4 is 5.73 Å². The molecule has 0 aliphatic carbocycles. The summed E-state index contributed by atoms with van der Waals surface area (Å²) in [6.07, 6.45) is 3.05. The van der Waals surface area contributed by atoms with E-state index < -0.39 is 11.6 Å². The summed E-state index contributed by atoms with van der Waals surface area (Å²) >= 11 is 0. The quantitative estimate of drug-likeness (QED) is 0.758. The Bertz CT molecular complexity index is 717. The topological polar surface area (TPSA) is 56.5 Å². The van der Waals surface area contributed by atoms with Gasteiger partial charge in [-0.05, 0) is 18.2 Å². The molecule has 18 heavy (non-hydrogen) atoms. The minimum atomic E-state index is -0.536. The first-order chi connectivity index (χ1) is 8.69. The summed E-state index contributed by atoms with van der Waals surface area (Å²) in [5, 5.41) is 0. The minimum Gasteiger partial charge on any atom is -0.431 e. The van der Waals surface area contributed by atoms with Gasteiger partial charge in [-0.25, -0.2) is 8.78 Å². The van der Waals surface area contributed by atoms with Gasteiger partial charge in [0.2, 0.25) is 0 Å². The van der Waals surface area contributed by atoms with Crippen LogP contribution in [0.5, 0.6) is 0 Å². The molecule has 0 fully saturated rings. The third kappa shape index (κ3) is 1.58. The van der Waals surface area contributed by atoms with Crippen LogP contribution in [0, 0.1) is 11.6 Å². The molecule has 0 bridgehead atoms. The number of rotatable bonds is 2. The van der Waals surface area contributed by atoms with Crippen molar-refractivity contribution < 1.29 is 13.2 Å². The molecular weight excluding hydrogens is 240 g/mol. The van der Waals surface area contributed by atoms with Crippen LogP contribution in [-0.4, -0.2) is 9.38 Å². The molecule has 0 saturated heterocycles. The van der Waals surface area contributed by atoms with Crippen LogP contribution in [0.4, 0.5) is 8.78 Å².